The molecule has 2 aromatic carbocycles. The molecule has 6 nitrogen and oxygen atoms in total. The number of amides is 3. The van der Waals surface area contributed by atoms with Crippen molar-refractivity contribution < 1.29 is 14.3 Å². The van der Waals surface area contributed by atoms with E-state index < -0.39 is 18.0 Å². The quantitative estimate of drug-likeness (QED) is 0.731. The zero-order chi connectivity index (χ0) is 19.4. The van der Waals surface area contributed by atoms with Crippen LogP contribution in [-0.2, 0) is 4.79 Å². The molecule has 0 spiro atoms. The number of nitrogens with one attached hydrogen (secondary N) is 3. The Labute approximate surface area is 162 Å². The normalized spacial score (nSPS) is 19.0. The summed E-state index contributed by atoms with van der Waals surface area (Å²) in [5, 5.41) is 8.73. The first-order chi connectivity index (χ1) is 13.0. The van der Waals surface area contributed by atoms with Crippen LogP contribution in [0.3, 0.4) is 0 Å². The number of hydrogen-bond acceptors (Lipinski definition) is 3. The zero-order valence-corrected chi connectivity index (χ0v) is 15.5. The molecule has 1 heterocycles. The molecule has 3 N–H and O–H groups in total. The minimum absolute atomic E-state index is 0.298. The molecule has 1 aliphatic heterocycles. The largest absolute Gasteiger partial charge is 0.494 e. The van der Waals surface area contributed by atoms with Crippen LogP contribution in [0.1, 0.15) is 18.5 Å². The van der Waals surface area contributed by atoms with Crippen LogP contribution < -0.4 is 20.7 Å². The fourth-order valence-corrected chi connectivity index (χ4v) is 3.19. The summed E-state index contributed by atoms with van der Waals surface area (Å²) in [6.07, 6.45) is 0. The molecule has 1 fully saturated rings. The summed E-state index contributed by atoms with van der Waals surface area (Å²) in [4.78, 5) is 24.9. The molecule has 27 heavy (non-hydrogen) atoms. The van der Waals surface area contributed by atoms with Gasteiger partial charge in [-0.25, -0.2) is 4.79 Å². The number of carbonyl (C=O) groups excluding carboxylic acids is 2. The fraction of sp³-hybridized carbons (Fsp3) is 0.200. The number of carbonyl (C=O) groups is 2. The highest BCUT2D eigenvalue weighted by Crippen LogP contribution is 2.31. The van der Waals surface area contributed by atoms with E-state index >= 15 is 0 Å². The van der Waals surface area contributed by atoms with Crippen LogP contribution in [-0.4, -0.2) is 18.5 Å². The maximum absolute atomic E-state index is 12.9. The Morgan fingerprint density at radius 3 is 2.67 bits per heavy atom. The molecule has 0 radical (unpaired) electrons. The van der Waals surface area contributed by atoms with Crippen molar-refractivity contribution in [3.8, 4) is 5.75 Å². The van der Waals surface area contributed by atoms with Crippen molar-refractivity contribution in [1.29, 1.82) is 0 Å². The highest BCUT2D eigenvalue weighted by molar-refractivity contribution is 6.30. The van der Waals surface area contributed by atoms with Crippen molar-refractivity contribution in [1.82, 2.24) is 10.6 Å². The molecular formula is C20H20ClN3O3. The SMILES string of the molecule is C=C1NC(=O)N[C@H](c2ccc(OCC)cc2)[C@H]1C(=O)Nc1cccc(Cl)c1. The summed E-state index contributed by atoms with van der Waals surface area (Å²) in [6, 6.07) is 13.2. The summed E-state index contributed by atoms with van der Waals surface area (Å²) in [6.45, 7) is 6.33. The third-order valence-electron chi connectivity index (χ3n) is 4.19. The van der Waals surface area contributed by atoms with Crippen LogP contribution in [0.5, 0.6) is 5.75 Å². The molecular weight excluding hydrogens is 366 g/mol. The summed E-state index contributed by atoms with van der Waals surface area (Å²) in [7, 11) is 0. The molecule has 0 unspecified atom stereocenters. The summed E-state index contributed by atoms with van der Waals surface area (Å²) >= 11 is 5.98. The molecule has 2 atom stereocenters. The topological polar surface area (TPSA) is 79.5 Å². The number of benzene rings is 2. The number of ether oxygens (including phenoxy) is 1. The molecule has 7 heteroatoms. The smallest absolute Gasteiger partial charge is 0.319 e. The van der Waals surface area contributed by atoms with Gasteiger partial charge in [-0.2, -0.15) is 0 Å². The van der Waals surface area contributed by atoms with Gasteiger partial charge in [0.25, 0.3) is 0 Å². The van der Waals surface area contributed by atoms with Gasteiger partial charge in [0.05, 0.1) is 12.6 Å². The summed E-state index contributed by atoms with van der Waals surface area (Å²) in [5.41, 5.74) is 1.68. The molecule has 0 saturated carbocycles. The first kappa shape index (κ1) is 18.8. The van der Waals surface area contributed by atoms with Crippen LogP contribution in [0.2, 0.25) is 5.02 Å². The van der Waals surface area contributed by atoms with Crippen molar-refractivity contribution in [2.24, 2.45) is 5.92 Å². The van der Waals surface area contributed by atoms with E-state index in [4.69, 9.17) is 16.3 Å². The monoisotopic (exact) mass is 385 g/mol. The van der Waals surface area contributed by atoms with Crippen LogP contribution in [0.25, 0.3) is 0 Å². The second kappa shape index (κ2) is 8.14. The first-order valence-electron chi connectivity index (χ1n) is 8.53. The fourth-order valence-electron chi connectivity index (χ4n) is 3.00. The van der Waals surface area contributed by atoms with E-state index in [9.17, 15) is 9.59 Å². The van der Waals surface area contributed by atoms with Crippen LogP contribution in [0, 0.1) is 5.92 Å². The van der Waals surface area contributed by atoms with Crippen molar-refractivity contribution >= 4 is 29.2 Å². The van der Waals surface area contributed by atoms with Gasteiger partial charge < -0.3 is 20.7 Å². The predicted octanol–water partition coefficient (Wildman–Crippen LogP) is 3.86. The Balaban J connectivity index is 1.86. The Bertz CT molecular complexity index is 867. The Kier molecular flexibility index (Phi) is 5.66. The van der Waals surface area contributed by atoms with E-state index in [0.717, 1.165) is 11.3 Å². The summed E-state index contributed by atoms with van der Waals surface area (Å²) < 4.78 is 5.45. The first-order valence-corrected chi connectivity index (χ1v) is 8.91. The van der Waals surface area contributed by atoms with Gasteiger partial charge in [-0.05, 0) is 42.8 Å². The van der Waals surface area contributed by atoms with Gasteiger partial charge in [-0.15, -0.1) is 0 Å². The van der Waals surface area contributed by atoms with E-state index in [2.05, 4.69) is 22.5 Å². The number of halogens is 1. The maximum atomic E-state index is 12.9. The van der Waals surface area contributed by atoms with E-state index in [0.29, 0.717) is 23.0 Å². The van der Waals surface area contributed by atoms with Gasteiger partial charge in [0, 0.05) is 16.4 Å². The van der Waals surface area contributed by atoms with Gasteiger partial charge in [0.2, 0.25) is 5.91 Å². The van der Waals surface area contributed by atoms with Crippen molar-refractivity contribution in [2.45, 2.75) is 13.0 Å². The van der Waals surface area contributed by atoms with Crippen molar-refractivity contribution in [3.05, 3.63) is 71.4 Å². The van der Waals surface area contributed by atoms with E-state index in [1.807, 2.05) is 31.2 Å². The molecule has 1 aliphatic rings. The predicted molar refractivity (Wildman–Crippen MR) is 105 cm³/mol. The Hall–Kier alpha value is -2.99. The lowest BCUT2D eigenvalue weighted by atomic mass is 9.88. The highest BCUT2D eigenvalue weighted by Gasteiger charge is 2.37. The second-order valence-corrected chi connectivity index (χ2v) is 6.52. The number of urea groups is 1. The number of anilines is 1. The standard InChI is InChI=1S/C20H20ClN3O3/c1-3-27-16-9-7-13(8-10-16)18-17(12(2)22-20(26)24-18)19(25)23-15-6-4-5-14(21)11-15/h4-11,17-18H,2-3H2,1H3,(H,23,25)(H2,22,24,26)/t17-,18+/m0/s1. The molecule has 1 saturated heterocycles. The Morgan fingerprint density at radius 2 is 2.00 bits per heavy atom. The molecule has 0 aliphatic carbocycles. The zero-order valence-electron chi connectivity index (χ0n) is 14.8. The minimum Gasteiger partial charge on any atom is -0.494 e. The molecule has 2 aromatic rings. The van der Waals surface area contributed by atoms with Crippen LogP contribution in [0.4, 0.5) is 10.5 Å². The Morgan fingerprint density at radius 1 is 1.26 bits per heavy atom. The average Bonchev–Trinajstić information content (AvgIpc) is 2.62. The lowest BCUT2D eigenvalue weighted by Gasteiger charge is -2.34. The molecule has 0 aromatic heterocycles. The van der Waals surface area contributed by atoms with Gasteiger partial charge >= 0.3 is 6.03 Å². The van der Waals surface area contributed by atoms with E-state index in [1.54, 1.807) is 24.3 Å². The number of rotatable bonds is 5. The van der Waals surface area contributed by atoms with E-state index in [-0.39, 0.29) is 5.91 Å². The van der Waals surface area contributed by atoms with Gasteiger partial charge in [-0.3, -0.25) is 4.79 Å². The van der Waals surface area contributed by atoms with E-state index in [1.165, 1.54) is 0 Å². The molecule has 0 bridgehead atoms. The number of hydrogen-bond donors (Lipinski definition) is 3. The highest BCUT2D eigenvalue weighted by atomic mass is 35.5. The average molecular weight is 386 g/mol. The van der Waals surface area contributed by atoms with Crippen molar-refractivity contribution in [3.63, 3.8) is 0 Å². The summed E-state index contributed by atoms with van der Waals surface area (Å²) in [5.74, 6) is -0.270. The van der Waals surface area contributed by atoms with Gasteiger partial charge in [-0.1, -0.05) is 36.4 Å². The lowest BCUT2D eigenvalue weighted by molar-refractivity contribution is -0.119. The van der Waals surface area contributed by atoms with Crippen molar-refractivity contribution in [2.75, 3.05) is 11.9 Å². The minimum atomic E-state index is -0.695. The molecule has 140 valence electrons. The lowest BCUT2D eigenvalue weighted by Crippen LogP contribution is -2.51. The van der Waals surface area contributed by atoms with Crippen LogP contribution >= 0.6 is 11.6 Å². The molecule has 3 amide bonds. The third-order valence-corrected chi connectivity index (χ3v) is 4.43. The van der Waals surface area contributed by atoms with Crippen LogP contribution in [0.15, 0.2) is 60.8 Å². The second-order valence-electron chi connectivity index (χ2n) is 6.08. The molecule has 3 rings (SSSR count). The van der Waals surface area contributed by atoms with Gasteiger partial charge in [0.15, 0.2) is 0 Å². The van der Waals surface area contributed by atoms with Gasteiger partial charge in [0.1, 0.15) is 11.7 Å². The maximum Gasteiger partial charge on any atom is 0.319 e. The third kappa shape index (κ3) is 4.41.